The van der Waals surface area contributed by atoms with Crippen molar-refractivity contribution in [2.24, 2.45) is 0 Å². The molecule has 1 aliphatic heterocycles. The van der Waals surface area contributed by atoms with E-state index < -0.39 is 4.75 Å². The lowest BCUT2D eigenvalue weighted by Crippen LogP contribution is -2.37. The topological polar surface area (TPSA) is 85.4 Å². The van der Waals surface area contributed by atoms with Gasteiger partial charge in [0.2, 0.25) is 11.7 Å². The molecule has 0 saturated carbocycles. The summed E-state index contributed by atoms with van der Waals surface area (Å²) in [5.41, 5.74) is 2.39. The van der Waals surface area contributed by atoms with E-state index >= 15 is 0 Å². The number of rotatable bonds is 8. The molecule has 28 heavy (non-hydrogen) atoms. The number of aromatic nitrogens is 1. The number of pyridine rings is 1. The number of nitrogens with one attached hydrogen (secondary N) is 1. The van der Waals surface area contributed by atoms with Gasteiger partial charge in [0, 0.05) is 6.20 Å². The molecule has 1 aliphatic rings. The van der Waals surface area contributed by atoms with Crippen LogP contribution in [0.15, 0.2) is 42.6 Å². The van der Waals surface area contributed by atoms with Crippen LogP contribution in [0.25, 0.3) is 0 Å². The number of Topliss-reactive ketones (excluding diaryl/α,β-unsaturated/α-hetero) is 1. The first-order valence-corrected chi connectivity index (χ1v) is 10.0. The fraction of sp³-hybridized carbons (Fsp3) is 0.333. The highest BCUT2D eigenvalue weighted by Gasteiger charge is 2.46. The van der Waals surface area contributed by atoms with Gasteiger partial charge in [-0.05, 0) is 60.4 Å². The molecule has 1 aromatic carbocycles. The summed E-state index contributed by atoms with van der Waals surface area (Å²) in [5, 5.41) is 2.06. The van der Waals surface area contributed by atoms with E-state index in [0.29, 0.717) is 24.3 Å². The molecule has 3 rings (SSSR count). The highest BCUT2D eigenvalue weighted by molar-refractivity contribution is 8.16. The summed E-state index contributed by atoms with van der Waals surface area (Å²) in [6.07, 6.45) is 3.59. The SMILES string of the molecule is CCc1ccc(C(=O)COc2ccc(CC3(CC)SC(=O)NC3=O)cc2)nc1. The smallest absolute Gasteiger partial charge is 0.286 e. The molecule has 0 spiro atoms. The lowest BCUT2D eigenvalue weighted by Gasteiger charge is -2.22. The van der Waals surface area contributed by atoms with Crippen LogP contribution in [0.5, 0.6) is 5.75 Å². The molecular formula is C21H22N2O4S. The van der Waals surface area contributed by atoms with E-state index in [4.69, 9.17) is 4.74 Å². The number of imide groups is 1. The van der Waals surface area contributed by atoms with Crippen LogP contribution in [0.1, 0.15) is 41.9 Å². The van der Waals surface area contributed by atoms with E-state index in [1.54, 1.807) is 24.4 Å². The summed E-state index contributed by atoms with van der Waals surface area (Å²) in [7, 11) is 0. The normalized spacial score (nSPS) is 18.8. The van der Waals surface area contributed by atoms with E-state index in [1.807, 2.05) is 32.0 Å². The lowest BCUT2D eigenvalue weighted by molar-refractivity contribution is -0.121. The van der Waals surface area contributed by atoms with Crippen molar-refractivity contribution in [1.82, 2.24) is 10.3 Å². The number of carbonyl (C=O) groups is 3. The van der Waals surface area contributed by atoms with Crippen molar-refractivity contribution in [3.05, 3.63) is 59.4 Å². The highest BCUT2D eigenvalue weighted by atomic mass is 32.2. The molecule has 2 amide bonds. The maximum atomic E-state index is 12.2. The third-order valence-corrected chi connectivity index (χ3v) is 6.09. The Morgan fingerprint density at radius 1 is 1.11 bits per heavy atom. The first-order chi connectivity index (χ1) is 13.5. The molecule has 2 heterocycles. The van der Waals surface area contributed by atoms with E-state index in [-0.39, 0.29) is 23.5 Å². The fourth-order valence-corrected chi connectivity index (χ4v) is 4.01. The summed E-state index contributed by atoms with van der Waals surface area (Å²) >= 11 is 1.05. The van der Waals surface area contributed by atoms with Gasteiger partial charge < -0.3 is 4.74 Å². The monoisotopic (exact) mass is 398 g/mol. The van der Waals surface area contributed by atoms with Gasteiger partial charge in [-0.1, -0.05) is 32.0 Å². The van der Waals surface area contributed by atoms with Crippen LogP contribution >= 0.6 is 11.8 Å². The molecular weight excluding hydrogens is 376 g/mol. The molecule has 0 radical (unpaired) electrons. The number of aryl methyl sites for hydroxylation is 1. The number of thioether (sulfide) groups is 1. The van der Waals surface area contributed by atoms with Gasteiger partial charge in [0.05, 0.1) is 0 Å². The van der Waals surface area contributed by atoms with Gasteiger partial charge in [0.15, 0.2) is 6.61 Å². The van der Waals surface area contributed by atoms with Gasteiger partial charge in [-0.2, -0.15) is 0 Å². The van der Waals surface area contributed by atoms with Gasteiger partial charge in [0.25, 0.3) is 5.24 Å². The number of carbonyl (C=O) groups excluding carboxylic acids is 3. The molecule has 1 N–H and O–H groups in total. The number of hydrogen-bond acceptors (Lipinski definition) is 6. The fourth-order valence-electron chi connectivity index (χ4n) is 2.98. The van der Waals surface area contributed by atoms with Crippen molar-refractivity contribution in [1.29, 1.82) is 0 Å². The van der Waals surface area contributed by atoms with Crippen LogP contribution in [0.3, 0.4) is 0 Å². The molecule has 0 bridgehead atoms. The van der Waals surface area contributed by atoms with Gasteiger partial charge in [-0.25, -0.2) is 0 Å². The van der Waals surface area contributed by atoms with Crippen molar-refractivity contribution in [3.8, 4) is 5.75 Å². The Kier molecular flexibility index (Phi) is 6.14. The number of hydrogen-bond donors (Lipinski definition) is 1. The quantitative estimate of drug-likeness (QED) is 0.684. The molecule has 1 fully saturated rings. The zero-order valence-electron chi connectivity index (χ0n) is 15.9. The van der Waals surface area contributed by atoms with E-state index in [1.165, 1.54) is 0 Å². The minimum absolute atomic E-state index is 0.0938. The number of amides is 2. The van der Waals surface area contributed by atoms with Crippen LogP contribution in [-0.4, -0.2) is 33.3 Å². The molecule has 146 valence electrons. The maximum Gasteiger partial charge on any atom is 0.286 e. The highest BCUT2D eigenvalue weighted by Crippen LogP contribution is 2.38. The number of nitrogens with zero attached hydrogens (tertiary/aromatic N) is 1. The Balaban J connectivity index is 1.59. The van der Waals surface area contributed by atoms with Crippen molar-refractivity contribution >= 4 is 28.7 Å². The number of benzene rings is 1. The molecule has 1 atom stereocenters. The lowest BCUT2D eigenvalue weighted by atomic mass is 9.95. The second kappa shape index (κ2) is 8.56. The van der Waals surface area contributed by atoms with E-state index in [0.717, 1.165) is 29.3 Å². The van der Waals surface area contributed by atoms with Crippen LogP contribution in [0.2, 0.25) is 0 Å². The van der Waals surface area contributed by atoms with Crippen molar-refractivity contribution < 1.29 is 19.1 Å². The van der Waals surface area contributed by atoms with Gasteiger partial charge in [0.1, 0.15) is 16.2 Å². The Bertz CT molecular complexity index is 880. The Labute approximate surface area is 168 Å². The van der Waals surface area contributed by atoms with Gasteiger partial charge in [-0.3, -0.25) is 24.7 Å². The molecule has 6 nitrogen and oxygen atoms in total. The average Bonchev–Trinajstić information content (AvgIpc) is 3.00. The molecule has 1 saturated heterocycles. The largest absolute Gasteiger partial charge is 0.485 e. The van der Waals surface area contributed by atoms with Crippen LogP contribution in [-0.2, 0) is 17.6 Å². The first-order valence-electron chi connectivity index (χ1n) is 9.20. The number of ether oxygens (including phenoxy) is 1. The summed E-state index contributed by atoms with van der Waals surface area (Å²) in [6.45, 7) is 3.84. The molecule has 2 aromatic rings. The zero-order valence-corrected chi connectivity index (χ0v) is 16.7. The first kappa shape index (κ1) is 20.1. The maximum absolute atomic E-state index is 12.2. The van der Waals surface area contributed by atoms with Gasteiger partial charge in [-0.15, -0.1) is 0 Å². The Morgan fingerprint density at radius 2 is 1.82 bits per heavy atom. The Hall–Kier alpha value is -2.67. The van der Waals surface area contributed by atoms with Crippen LogP contribution < -0.4 is 10.1 Å². The standard InChI is InChI=1S/C21H22N2O4S/c1-3-14-7-10-17(22-12-14)18(24)13-27-16-8-5-15(6-9-16)11-21(4-2)19(25)23-20(26)28-21/h5-10,12H,3-4,11,13H2,1-2H3,(H,23,25,26). The van der Waals surface area contributed by atoms with Crippen molar-refractivity contribution in [2.45, 2.75) is 37.9 Å². The summed E-state index contributed by atoms with van der Waals surface area (Å²) in [5.74, 6) is 0.138. The zero-order chi connectivity index (χ0) is 20.1. The molecule has 1 unspecified atom stereocenters. The second-order valence-electron chi connectivity index (χ2n) is 6.63. The summed E-state index contributed by atoms with van der Waals surface area (Å²) < 4.78 is 4.81. The number of ketones is 1. The minimum atomic E-state index is -0.758. The van der Waals surface area contributed by atoms with E-state index in [9.17, 15) is 14.4 Å². The molecule has 1 aromatic heterocycles. The predicted molar refractivity (Wildman–Crippen MR) is 108 cm³/mol. The van der Waals surface area contributed by atoms with Crippen LogP contribution in [0.4, 0.5) is 4.79 Å². The minimum Gasteiger partial charge on any atom is -0.485 e. The second-order valence-corrected chi connectivity index (χ2v) is 7.99. The molecule has 0 aliphatic carbocycles. The average molecular weight is 398 g/mol. The van der Waals surface area contributed by atoms with E-state index in [2.05, 4.69) is 10.3 Å². The summed E-state index contributed by atoms with van der Waals surface area (Å²) in [6, 6.07) is 10.8. The molecule has 7 heteroatoms. The third kappa shape index (κ3) is 4.42. The third-order valence-electron chi connectivity index (χ3n) is 4.79. The van der Waals surface area contributed by atoms with Gasteiger partial charge >= 0.3 is 0 Å². The van der Waals surface area contributed by atoms with Crippen molar-refractivity contribution in [3.63, 3.8) is 0 Å². The van der Waals surface area contributed by atoms with Crippen LogP contribution in [0, 0.1) is 0 Å². The Morgan fingerprint density at radius 3 is 2.36 bits per heavy atom. The van der Waals surface area contributed by atoms with Crippen molar-refractivity contribution in [2.75, 3.05) is 6.61 Å². The summed E-state index contributed by atoms with van der Waals surface area (Å²) in [4.78, 5) is 40.1. The predicted octanol–water partition coefficient (Wildman–Crippen LogP) is 3.58.